The number of aliphatic hydroxyl groups excluding tert-OH is 2. The number of hydrogen-bond acceptors (Lipinski definition) is 30. The first-order valence-electron chi connectivity index (χ1n) is 38.7. The zero-order valence-electron chi connectivity index (χ0n) is 67.9. The summed E-state index contributed by atoms with van der Waals surface area (Å²) in [7, 11) is 6.61. The van der Waals surface area contributed by atoms with Crippen molar-refractivity contribution in [2.75, 3.05) is 44.7 Å². The summed E-state index contributed by atoms with van der Waals surface area (Å²) < 4.78 is 94.7. The van der Waals surface area contributed by atoms with Crippen LogP contribution in [0.2, 0.25) is 0 Å². The second kappa shape index (κ2) is 37.1. The zero-order valence-corrected chi connectivity index (χ0v) is 68.7. The second-order valence-corrected chi connectivity index (χ2v) is 31.1. The minimum atomic E-state index is -1.68. The van der Waals surface area contributed by atoms with Crippen LogP contribution in [0.5, 0.6) is 34.5 Å². The molecule has 0 radical (unpaired) electrons. The molecule has 13 rings (SSSR count). The molecular formula is C86H93N5O28S. The van der Waals surface area contributed by atoms with Crippen LogP contribution in [-0.4, -0.2) is 194 Å². The molecule has 4 unspecified atom stereocenters. The summed E-state index contributed by atoms with van der Waals surface area (Å²) in [5, 5.41) is 27.2. The predicted molar refractivity (Wildman–Crippen MR) is 422 cm³/mol. The van der Waals surface area contributed by atoms with Crippen molar-refractivity contribution in [2.24, 2.45) is 11.8 Å². The van der Waals surface area contributed by atoms with Crippen LogP contribution in [0, 0.1) is 11.8 Å². The topological polar surface area (TPSA) is 375 Å². The number of hydrogen-bond donors (Lipinski definition) is 2. The maximum Gasteiger partial charge on any atom is 0.416 e. The molecule has 0 spiro atoms. The third-order valence-electron chi connectivity index (χ3n) is 21.2. The molecule has 4 amide bonds. The molecule has 120 heavy (non-hydrogen) atoms. The van der Waals surface area contributed by atoms with E-state index in [-0.39, 0.29) is 116 Å². The van der Waals surface area contributed by atoms with E-state index < -0.39 is 146 Å². The molecular weight excluding hydrogens is 1580 g/mol. The van der Waals surface area contributed by atoms with Crippen LogP contribution < -0.4 is 38.2 Å². The number of carbonyl (C=O) groups is 10. The standard InChI is InChI=1S/C86H93N5O28S/c1-44-72(43-106-46(3)92)118-84(76(113-49(6)95)74(44)111-47(4)93)117-61-23-19-53(20-24-61)40-110-86(103)91-65-34-71(69(105-12)32-63(65)79(99)89-38-59-25-26-120-73(59)35-67(89)81(91)101)108-42-56-28-54(36-87(9)10)27-55(29-56)41-107-70-33-64-62(31-68(70)104-11)78(98)88-37-58-16-14-13-15-57(58)30-66(88)80(100)90(64)85(102)109-39-52-17-21-60(22-18-52)116-82-45(2)75(112-48(5)94)77(114-50(7)96)83(119-82)115-51(8)97/h13-29,31-34,44-45,66-67,72,74-77,80-84,100-101H,30,35-43H2,1-12H3/t44-,45+,66-,67-,72+,74-,75+,76+,77+,80?,81?,82?,83-,84?/m0/s1. The second-order valence-electron chi connectivity index (χ2n) is 30.1. The Morgan fingerprint density at radius 2 is 0.925 bits per heavy atom. The summed E-state index contributed by atoms with van der Waals surface area (Å²) in [6.07, 6.45) is -14.7. The Morgan fingerprint density at radius 1 is 0.467 bits per heavy atom. The van der Waals surface area contributed by atoms with Crippen LogP contribution in [0.4, 0.5) is 21.0 Å². The minimum absolute atomic E-state index is 0.000420. The lowest BCUT2D eigenvalue weighted by Gasteiger charge is -2.43. The Hall–Kier alpha value is -12.1. The van der Waals surface area contributed by atoms with Gasteiger partial charge in [0.1, 0.15) is 56.7 Å². The highest BCUT2D eigenvalue weighted by molar-refractivity contribution is 7.10. The highest BCUT2D eigenvalue weighted by Gasteiger charge is 2.53. The summed E-state index contributed by atoms with van der Waals surface area (Å²) in [5.41, 5.74) is 5.52. The van der Waals surface area contributed by atoms with Crippen molar-refractivity contribution >= 4 is 82.5 Å². The van der Waals surface area contributed by atoms with E-state index in [1.807, 2.05) is 72.9 Å². The molecule has 7 heterocycles. The largest absolute Gasteiger partial charge is 0.493 e. The van der Waals surface area contributed by atoms with Gasteiger partial charge < -0.3 is 96.0 Å². The lowest BCUT2D eigenvalue weighted by Crippen LogP contribution is -2.59. The number of esters is 6. The van der Waals surface area contributed by atoms with E-state index in [2.05, 4.69) is 0 Å². The van der Waals surface area contributed by atoms with Gasteiger partial charge in [-0.25, -0.2) is 19.4 Å². The fourth-order valence-corrected chi connectivity index (χ4v) is 16.5. The van der Waals surface area contributed by atoms with Gasteiger partial charge in [0.2, 0.25) is 31.1 Å². The van der Waals surface area contributed by atoms with E-state index in [9.17, 15) is 48.6 Å². The first-order chi connectivity index (χ1) is 57.4. The molecule has 1 aromatic heterocycles. The van der Waals surface area contributed by atoms with Crippen LogP contribution in [0.3, 0.4) is 0 Å². The number of methoxy groups -OCH3 is 2. The molecule has 6 aromatic carbocycles. The van der Waals surface area contributed by atoms with E-state index in [0.29, 0.717) is 28.8 Å². The Labute approximate surface area is 694 Å². The van der Waals surface area contributed by atoms with E-state index in [1.54, 1.807) is 62.4 Å². The Morgan fingerprint density at radius 3 is 1.42 bits per heavy atom. The van der Waals surface area contributed by atoms with Gasteiger partial charge in [-0.1, -0.05) is 74.5 Å². The third-order valence-corrected chi connectivity index (χ3v) is 22.2. The smallest absolute Gasteiger partial charge is 0.416 e. The van der Waals surface area contributed by atoms with Crippen molar-refractivity contribution < 1.29 is 134 Å². The number of amides is 4. The number of rotatable bonds is 25. The summed E-state index contributed by atoms with van der Waals surface area (Å²) in [4.78, 5) is 141. The van der Waals surface area contributed by atoms with Crippen molar-refractivity contribution in [1.29, 1.82) is 0 Å². The van der Waals surface area contributed by atoms with Crippen LogP contribution in [-0.2, 0) is 135 Å². The number of carbonyl (C=O) groups excluding carboxylic acids is 10. The maximum absolute atomic E-state index is 15.1. The van der Waals surface area contributed by atoms with E-state index in [1.165, 1.54) is 87.3 Å². The fourth-order valence-electron chi connectivity index (χ4n) is 15.6. The van der Waals surface area contributed by atoms with Crippen molar-refractivity contribution in [3.63, 3.8) is 0 Å². The number of ether oxygens (including phenoxy) is 16. The normalized spacial score (nSPS) is 23.4. The monoisotopic (exact) mass is 1680 g/mol. The van der Waals surface area contributed by atoms with Gasteiger partial charge in [-0.3, -0.25) is 43.1 Å². The molecule has 2 N–H and O–H groups in total. The summed E-state index contributed by atoms with van der Waals surface area (Å²) in [6, 6.07) is 31.6. The Bertz CT molecular complexity index is 5020. The summed E-state index contributed by atoms with van der Waals surface area (Å²) in [5.74, 6) is -5.72. The lowest BCUT2D eigenvalue weighted by atomic mass is 9.90. The van der Waals surface area contributed by atoms with Crippen molar-refractivity contribution in [2.45, 2.75) is 188 Å². The number of thiophene rings is 1. The molecule has 0 bridgehead atoms. The van der Waals surface area contributed by atoms with Gasteiger partial charge in [0, 0.05) is 90.5 Å². The maximum atomic E-state index is 15.1. The number of aliphatic hydroxyl groups is 2. The number of fused-ring (bicyclic) bond motifs is 6. The first kappa shape index (κ1) is 85.8. The van der Waals surface area contributed by atoms with Crippen LogP contribution in [0.15, 0.2) is 127 Å². The first-order valence-corrected chi connectivity index (χ1v) is 39.6. The van der Waals surface area contributed by atoms with Gasteiger partial charge in [-0.15, -0.1) is 11.3 Å². The quantitative estimate of drug-likeness (QED) is 0.0397. The summed E-state index contributed by atoms with van der Waals surface area (Å²) >= 11 is 1.47. The molecule has 6 aliphatic heterocycles. The zero-order chi connectivity index (χ0) is 85.7. The van der Waals surface area contributed by atoms with E-state index in [0.717, 1.165) is 50.8 Å². The molecule has 33 nitrogen and oxygen atoms in total. The number of nitrogens with zero attached hydrogens (tertiary/aromatic N) is 5. The van der Waals surface area contributed by atoms with E-state index in [4.69, 9.17) is 75.8 Å². The van der Waals surface area contributed by atoms with Crippen molar-refractivity contribution in [3.05, 3.63) is 187 Å². The molecule has 14 atom stereocenters. The van der Waals surface area contributed by atoms with Crippen LogP contribution in [0.25, 0.3) is 0 Å². The molecule has 2 fully saturated rings. The average molecular weight is 1680 g/mol. The Balaban J connectivity index is 0.745. The molecule has 636 valence electrons. The molecule has 6 aliphatic rings. The van der Waals surface area contributed by atoms with Crippen LogP contribution in [0.1, 0.15) is 125 Å². The SMILES string of the molecule is COc1cc2c(cc1OCc1cc(COc3cc4c(cc3OC)C(=O)N3Cc5ccsc5C[C@H]3C(O)N4C(=O)OCc3ccc(OC4O[C@H](COC(C)=O)[C@H](C)[C@H](OC(C)=O)[C@H]4OC(C)=O)cc3)cc(CN(C)C)c1)N(C(=O)OCc1ccc(OC3O[C@H](OC(C)=O)[C@H](OC(C)=O)[C@H](OC(C)=O)[C@H]3C)cc1)C(O)[C@@H]1Cc3ccccc3CN1C2=O. The number of anilines is 2. The fraction of sp³-hybridized carbons (Fsp3) is 0.419. The average Bonchev–Trinajstić information content (AvgIpc) is 1.59. The van der Waals surface area contributed by atoms with Gasteiger partial charge in [-0.05, 0) is 119 Å². The lowest BCUT2D eigenvalue weighted by molar-refractivity contribution is -0.314. The molecule has 0 aliphatic carbocycles. The van der Waals surface area contributed by atoms with Gasteiger partial charge >= 0.3 is 48.0 Å². The highest BCUT2D eigenvalue weighted by atomic mass is 32.1. The molecule has 2 saturated heterocycles. The van der Waals surface area contributed by atoms with Crippen molar-refractivity contribution in [1.82, 2.24) is 14.7 Å². The van der Waals surface area contributed by atoms with Gasteiger partial charge in [0.25, 0.3) is 11.8 Å². The molecule has 34 heteroatoms. The minimum Gasteiger partial charge on any atom is -0.493 e. The van der Waals surface area contributed by atoms with Crippen LogP contribution >= 0.6 is 11.3 Å². The molecule has 7 aromatic rings. The molecule has 0 saturated carbocycles. The third kappa shape index (κ3) is 19.3. The van der Waals surface area contributed by atoms with E-state index >= 15 is 9.59 Å². The van der Waals surface area contributed by atoms with Crippen molar-refractivity contribution in [3.8, 4) is 34.5 Å². The Kier molecular flexibility index (Phi) is 26.5. The van der Waals surface area contributed by atoms with Gasteiger partial charge in [0.15, 0.2) is 41.6 Å². The van der Waals surface area contributed by atoms with Gasteiger partial charge in [0.05, 0.1) is 54.7 Å². The summed E-state index contributed by atoms with van der Waals surface area (Å²) in [6.45, 7) is 9.89. The predicted octanol–water partition coefficient (Wildman–Crippen LogP) is 9.36. The number of benzene rings is 6. The highest BCUT2D eigenvalue weighted by Crippen LogP contribution is 2.46. The van der Waals surface area contributed by atoms with Gasteiger partial charge in [-0.2, -0.15) is 0 Å².